The molecule has 0 aromatic carbocycles. The lowest BCUT2D eigenvalue weighted by Crippen LogP contribution is -2.10. The maximum atomic E-state index is 10.8. The van der Waals surface area contributed by atoms with Crippen molar-refractivity contribution in [1.82, 2.24) is 0 Å². The van der Waals surface area contributed by atoms with Gasteiger partial charge in [-0.05, 0) is 48.7 Å². The van der Waals surface area contributed by atoms with Gasteiger partial charge in [-0.25, -0.2) is 9.59 Å². The molecular weight excluding hydrogens is 352 g/mol. The number of carbonyl (C=O) groups excluding carboxylic acids is 2. The van der Waals surface area contributed by atoms with Gasteiger partial charge < -0.3 is 18.9 Å². The number of thioether (sulfide) groups is 2. The lowest BCUT2D eigenvalue weighted by Gasteiger charge is -2.06. The highest BCUT2D eigenvalue weighted by atomic mass is 32.2. The molecule has 0 radical (unpaired) electrons. The van der Waals surface area contributed by atoms with Gasteiger partial charge in [0.25, 0.3) is 0 Å². The Bertz CT molecular complexity index is 357. The fourth-order valence-corrected chi connectivity index (χ4v) is 4.49. The molecule has 2 rings (SSSR count). The molecule has 2 atom stereocenters. The Kier molecular flexibility index (Phi) is 9.57. The molecular formula is C16H26O6S2. The first kappa shape index (κ1) is 19.6. The van der Waals surface area contributed by atoms with Crippen LogP contribution in [0.25, 0.3) is 0 Å². The molecule has 2 heterocycles. The summed E-state index contributed by atoms with van der Waals surface area (Å²) < 4.78 is 19.5. The van der Waals surface area contributed by atoms with Gasteiger partial charge in [0.15, 0.2) is 0 Å². The summed E-state index contributed by atoms with van der Waals surface area (Å²) in [4.78, 5) is 21.5. The largest absolute Gasteiger partial charge is 0.508 e. The van der Waals surface area contributed by atoms with Crippen molar-refractivity contribution in [3.8, 4) is 0 Å². The molecule has 0 amide bonds. The quantitative estimate of drug-likeness (QED) is 0.353. The van der Waals surface area contributed by atoms with Crippen molar-refractivity contribution in [2.75, 3.05) is 36.2 Å². The van der Waals surface area contributed by atoms with Crippen LogP contribution in [0.5, 0.6) is 0 Å². The molecule has 8 heteroatoms. The molecule has 0 spiro atoms. The summed E-state index contributed by atoms with van der Waals surface area (Å²) in [5, 5.41) is 0. The molecule has 0 N–H and O–H groups in total. The first-order chi connectivity index (χ1) is 11.7. The molecule has 0 bridgehead atoms. The molecule has 2 aliphatic rings. The standard InChI is InChI=1S/C16H26O6S2/c17-15-19-11-13(21-15)5-9-23-7-3-1-2-4-8-24-10-6-14-12-20-16(18)22-14/h13-14H,1-12H2. The number of rotatable bonds is 13. The second-order valence-electron chi connectivity index (χ2n) is 5.82. The van der Waals surface area contributed by atoms with Crippen molar-refractivity contribution in [3.63, 3.8) is 0 Å². The molecule has 2 aliphatic heterocycles. The Morgan fingerprint density at radius 1 is 0.708 bits per heavy atom. The van der Waals surface area contributed by atoms with Crippen LogP contribution in [-0.4, -0.2) is 60.7 Å². The van der Waals surface area contributed by atoms with Gasteiger partial charge in [0.05, 0.1) is 0 Å². The summed E-state index contributed by atoms with van der Waals surface area (Å²) in [5.74, 6) is 4.38. The van der Waals surface area contributed by atoms with Crippen LogP contribution in [0, 0.1) is 0 Å². The summed E-state index contributed by atoms with van der Waals surface area (Å²) in [6, 6.07) is 0. The third-order valence-corrected chi connectivity index (χ3v) is 6.00. The zero-order chi connectivity index (χ0) is 17.0. The zero-order valence-electron chi connectivity index (χ0n) is 13.9. The van der Waals surface area contributed by atoms with Crippen molar-refractivity contribution in [2.45, 2.75) is 50.7 Å². The third-order valence-electron chi connectivity index (χ3n) is 3.80. The van der Waals surface area contributed by atoms with Gasteiger partial charge in [0.1, 0.15) is 25.4 Å². The predicted octanol–water partition coefficient (Wildman–Crippen LogP) is 3.86. The maximum absolute atomic E-state index is 10.8. The van der Waals surface area contributed by atoms with E-state index >= 15 is 0 Å². The fourth-order valence-electron chi connectivity index (χ4n) is 2.41. The Labute approximate surface area is 151 Å². The molecule has 6 nitrogen and oxygen atoms in total. The molecule has 2 unspecified atom stereocenters. The molecule has 0 aromatic rings. The highest BCUT2D eigenvalue weighted by Crippen LogP contribution is 2.17. The summed E-state index contributed by atoms with van der Waals surface area (Å²) in [5.41, 5.74) is 0. The highest BCUT2D eigenvalue weighted by Gasteiger charge is 2.24. The van der Waals surface area contributed by atoms with Gasteiger partial charge in [0, 0.05) is 0 Å². The number of ether oxygens (including phenoxy) is 4. The summed E-state index contributed by atoms with van der Waals surface area (Å²) >= 11 is 3.84. The van der Waals surface area contributed by atoms with Crippen LogP contribution in [0.1, 0.15) is 38.5 Å². The van der Waals surface area contributed by atoms with E-state index in [9.17, 15) is 9.59 Å². The van der Waals surface area contributed by atoms with Crippen LogP contribution < -0.4 is 0 Å². The summed E-state index contributed by atoms with van der Waals surface area (Å²) in [6.07, 6.45) is 5.65. The SMILES string of the molecule is O=C1OCC(CCSCCCCCCSCCC2COC(=O)O2)O1. The number of hydrogen-bond acceptors (Lipinski definition) is 8. The third kappa shape index (κ3) is 8.37. The van der Waals surface area contributed by atoms with Crippen molar-refractivity contribution < 1.29 is 28.5 Å². The van der Waals surface area contributed by atoms with Crippen molar-refractivity contribution in [1.29, 1.82) is 0 Å². The lowest BCUT2D eigenvalue weighted by molar-refractivity contribution is 0.116. The molecule has 2 fully saturated rings. The van der Waals surface area contributed by atoms with E-state index in [1.807, 2.05) is 23.5 Å². The minimum Gasteiger partial charge on any atom is -0.430 e. The molecule has 0 aliphatic carbocycles. The Morgan fingerprint density at radius 2 is 1.17 bits per heavy atom. The van der Waals surface area contributed by atoms with E-state index in [0.717, 1.165) is 24.3 Å². The van der Waals surface area contributed by atoms with Gasteiger partial charge in [-0.3, -0.25) is 0 Å². The fraction of sp³-hybridized carbons (Fsp3) is 0.875. The number of unbranched alkanes of at least 4 members (excludes halogenated alkanes) is 3. The summed E-state index contributed by atoms with van der Waals surface area (Å²) in [7, 11) is 0. The lowest BCUT2D eigenvalue weighted by atomic mass is 10.2. The van der Waals surface area contributed by atoms with Crippen molar-refractivity contribution in [2.24, 2.45) is 0 Å². The smallest absolute Gasteiger partial charge is 0.430 e. The second kappa shape index (κ2) is 11.7. The number of cyclic esters (lactones) is 4. The zero-order valence-corrected chi connectivity index (χ0v) is 15.5. The van der Waals surface area contributed by atoms with Crippen LogP contribution in [0.15, 0.2) is 0 Å². The molecule has 0 saturated carbocycles. The summed E-state index contributed by atoms with van der Waals surface area (Å²) in [6.45, 7) is 0.820. The first-order valence-corrected chi connectivity index (χ1v) is 10.9. The van der Waals surface area contributed by atoms with Crippen LogP contribution >= 0.6 is 23.5 Å². The highest BCUT2D eigenvalue weighted by molar-refractivity contribution is 7.99. The average Bonchev–Trinajstić information content (AvgIpc) is 3.17. The second-order valence-corrected chi connectivity index (χ2v) is 8.27. The Hall–Kier alpha value is -0.760. The van der Waals surface area contributed by atoms with Gasteiger partial charge in [-0.2, -0.15) is 23.5 Å². The van der Waals surface area contributed by atoms with Crippen molar-refractivity contribution >= 4 is 35.8 Å². The van der Waals surface area contributed by atoms with E-state index in [2.05, 4.69) is 0 Å². The topological polar surface area (TPSA) is 71.1 Å². The van der Waals surface area contributed by atoms with E-state index in [1.54, 1.807) is 0 Å². The minimum absolute atomic E-state index is 0.0404. The van der Waals surface area contributed by atoms with Crippen molar-refractivity contribution in [3.05, 3.63) is 0 Å². The maximum Gasteiger partial charge on any atom is 0.508 e. The van der Waals surface area contributed by atoms with E-state index in [1.165, 1.54) is 37.2 Å². The van der Waals surface area contributed by atoms with E-state index in [0.29, 0.717) is 13.2 Å². The first-order valence-electron chi connectivity index (χ1n) is 8.56. The van der Waals surface area contributed by atoms with Gasteiger partial charge in [0.2, 0.25) is 0 Å². The predicted molar refractivity (Wildman–Crippen MR) is 94.8 cm³/mol. The van der Waals surface area contributed by atoms with Crippen LogP contribution in [0.4, 0.5) is 9.59 Å². The molecule has 0 aromatic heterocycles. The number of hydrogen-bond donors (Lipinski definition) is 0. The van der Waals surface area contributed by atoms with E-state index in [4.69, 9.17) is 18.9 Å². The molecule has 2 saturated heterocycles. The van der Waals surface area contributed by atoms with E-state index < -0.39 is 12.3 Å². The monoisotopic (exact) mass is 378 g/mol. The average molecular weight is 379 g/mol. The van der Waals surface area contributed by atoms with Gasteiger partial charge in [-0.15, -0.1) is 0 Å². The van der Waals surface area contributed by atoms with Gasteiger partial charge in [-0.1, -0.05) is 12.8 Å². The normalized spacial score (nSPS) is 22.8. The Balaban J connectivity index is 1.26. The van der Waals surface area contributed by atoms with E-state index in [-0.39, 0.29) is 12.2 Å². The molecule has 138 valence electrons. The van der Waals surface area contributed by atoms with Gasteiger partial charge >= 0.3 is 12.3 Å². The van der Waals surface area contributed by atoms with Crippen LogP contribution in [-0.2, 0) is 18.9 Å². The number of carbonyl (C=O) groups is 2. The Morgan fingerprint density at radius 3 is 1.54 bits per heavy atom. The molecule has 24 heavy (non-hydrogen) atoms. The minimum atomic E-state index is -0.527. The van der Waals surface area contributed by atoms with Crippen LogP contribution in [0.3, 0.4) is 0 Å². The van der Waals surface area contributed by atoms with Crippen LogP contribution in [0.2, 0.25) is 0 Å².